The summed E-state index contributed by atoms with van der Waals surface area (Å²) in [6.45, 7) is 1.34. The lowest BCUT2D eigenvalue weighted by Gasteiger charge is -2.20. The molecule has 2 N–H and O–H groups in total. The highest BCUT2D eigenvalue weighted by molar-refractivity contribution is 9.10. The predicted molar refractivity (Wildman–Crippen MR) is 76.1 cm³/mol. The summed E-state index contributed by atoms with van der Waals surface area (Å²) < 4.78 is 11.0. The van der Waals surface area contributed by atoms with Gasteiger partial charge in [-0.25, -0.2) is 0 Å². The van der Waals surface area contributed by atoms with Crippen molar-refractivity contribution in [2.75, 3.05) is 14.2 Å². The molecule has 0 radical (unpaired) electrons. The first-order chi connectivity index (χ1) is 9.38. The fourth-order valence-electron chi connectivity index (χ4n) is 1.80. The smallest absolute Gasteiger partial charge is 0.305 e. The number of carboxylic acids is 1. The second-order valence-electron chi connectivity index (χ2n) is 4.08. The summed E-state index contributed by atoms with van der Waals surface area (Å²) >= 11 is 3.35. The van der Waals surface area contributed by atoms with Crippen molar-refractivity contribution in [2.45, 2.75) is 19.4 Å². The second kappa shape index (κ2) is 7.14. The van der Waals surface area contributed by atoms with E-state index in [0.29, 0.717) is 21.5 Å². The summed E-state index contributed by atoms with van der Waals surface area (Å²) in [5.41, 5.74) is 0.611. The van der Waals surface area contributed by atoms with Crippen molar-refractivity contribution in [1.29, 1.82) is 0 Å². The number of methoxy groups -OCH3 is 2. The van der Waals surface area contributed by atoms with E-state index in [0.717, 1.165) is 0 Å². The summed E-state index contributed by atoms with van der Waals surface area (Å²) in [4.78, 5) is 22.2. The normalized spacial score (nSPS) is 11.6. The SMILES string of the molecule is COc1cc(Br)c([C@@H](CC(=O)O)NC(C)=O)cc1OC. The number of hydrogen-bond acceptors (Lipinski definition) is 4. The minimum Gasteiger partial charge on any atom is -0.493 e. The highest BCUT2D eigenvalue weighted by atomic mass is 79.9. The van der Waals surface area contributed by atoms with E-state index in [4.69, 9.17) is 14.6 Å². The van der Waals surface area contributed by atoms with Crippen LogP contribution < -0.4 is 14.8 Å². The molecule has 1 aromatic rings. The highest BCUT2D eigenvalue weighted by Crippen LogP contribution is 2.36. The second-order valence-corrected chi connectivity index (χ2v) is 4.93. The lowest BCUT2D eigenvalue weighted by molar-refractivity contribution is -0.137. The fourth-order valence-corrected chi connectivity index (χ4v) is 2.39. The van der Waals surface area contributed by atoms with Crippen molar-refractivity contribution in [3.63, 3.8) is 0 Å². The molecule has 0 saturated carbocycles. The molecule has 0 saturated heterocycles. The fraction of sp³-hybridized carbons (Fsp3) is 0.385. The van der Waals surface area contributed by atoms with E-state index in [1.54, 1.807) is 12.1 Å². The third kappa shape index (κ3) is 4.12. The van der Waals surface area contributed by atoms with Crippen molar-refractivity contribution in [3.05, 3.63) is 22.2 Å². The van der Waals surface area contributed by atoms with Crippen LogP contribution in [0.3, 0.4) is 0 Å². The van der Waals surface area contributed by atoms with Crippen LogP contribution in [0, 0.1) is 0 Å². The Morgan fingerprint density at radius 3 is 2.30 bits per heavy atom. The van der Waals surface area contributed by atoms with Gasteiger partial charge in [-0.3, -0.25) is 9.59 Å². The number of carbonyl (C=O) groups excluding carboxylic acids is 1. The predicted octanol–water partition coefficient (Wildman–Crippen LogP) is 2.12. The van der Waals surface area contributed by atoms with Gasteiger partial charge < -0.3 is 19.9 Å². The Hall–Kier alpha value is -1.76. The van der Waals surface area contributed by atoms with Gasteiger partial charge in [0.05, 0.1) is 26.7 Å². The number of halogens is 1. The van der Waals surface area contributed by atoms with Gasteiger partial charge >= 0.3 is 5.97 Å². The number of rotatable bonds is 6. The Bertz CT molecular complexity index is 502. The van der Waals surface area contributed by atoms with Crippen LogP contribution in [0.15, 0.2) is 16.6 Å². The quantitative estimate of drug-likeness (QED) is 0.824. The minimum absolute atomic E-state index is 0.229. The summed E-state index contributed by atoms with van der Waals surface area (Å²) in [5.74, 6) is -0.338. The summed E-state index contributed by atoms with van der Waals surface area (Å²) in [6.07, 6.45) is -0.229. The van der Waals surface area contributed by atoms with Crippen molar-refractivity contribution in [3.8, 4) is 11.5 Å². The van der Waals surface area contributed by atoms with Crippen LogP contribution in [0.5, 0.6) is 11.5 Å². The van der Waals surface area contributed by atoms with E-state index in [1.807, 2.05) is 0 Å². The molecule has 20 heavy (non-hydrogen) atoms. The van der Waals surface area contributed by atoms with E-state index in [-0.39, 0.29) is 12.3 Å². The Labute approximate surface area is 125 Å². The molecule has 0 aliphatic heterocycles. The molecule has 0 bridgehead atoms. The average Bonchev–Trinajstić information content (AvgIpc) is 2.36. The molecule has 7 heteroatoms. The minimum atomic E-state index is -1.01. The third-order valence-corrected chi connectivity index (χ3v) is 3.32. The lowest BCUT2D eigenvalue weighted by Crippen LogP contribution is -2.28. The van der Waals surface area contributed by atoms with Crippen LogP contribution >= 0.6 is 15.9 Å². The van der Waals surface area contributed by atoms with Crippen LogP contribution in [0.1, 0.15) is 24.9 Å². The molecular weight excluding hydrogens is 330 g/mol. The maximum Gasteiger partial charge on any atom is 0.305 e. The van der Waals surface area contributed by atoms with E-state index >= 15 is 0 Å². The Balaban J connectivity index is 3.24. The van der Waals surface area contributed by atoms with Gasteiger partial charge in [0, 0.05) is 11.4 Å². The molecule has 1 amide bonds. The number of benzene rings is 1. The van der Waals surface area contributed by atoms with E-state index in [2.05, 4.69) is 21.2 Å². The Morgan fingerprint density at radius 2 is 1.85 bits per heavy atom. The largest absolute Gasteiger partial charge is 0.493 e. The van der Waals surface area contributed by atoms with Crippen LogP contribution in [0.4, 0.5) is 0 Å². The average molecular weight is 346 g/mol. The zero-order valence-corrected chi connectivity index (χ0v) is 13.0. The maximum absolute atomic E-state index is 11.2. The number of amides is 1. The molecule has 1 atom stereocenters. The lowest BCUT2D eigenvalue weighted by atomic mass is 10.0. The zero-order chi connectivity index (χ0) is 15.3. The van der Waals surface area contributed by atoms with Crippen molar-refractivity contribution >= 4 is 27.8 Å². The van der Waals surface area contributed by atoms with Gasteiger partial charge in [0.15, 0.2) is 11.5 Å². The molecule has 110 valence electrons. The van der Waals surface area contributed by atoms with Gasteiger partial charge in [-0.05, 0) is 17.7 Å². The monoisotopic (exact) mass is 345 g/mol. The van der Waals surface area contributed by atoms with Gasteiger partial charge in [-0.2, -0.15) is 0 Å². The molecule has 0 aliphatic rings. The molecule has 6 nitrogen and oxygen atoms in total. The summed E-state index contributed by atoms with van der Waals surface area (Å²) in [5, 5.41) is 11.6. The highest BCUT2D eigenvalue weighted by Gasteiger charge is 2.21. The van der Waals surface area contributed by atoms with Crippen molar-refractivity contribution < 1.29 is 24.2 Å². The summed E-state index contributed by atoms with van der Waals surface area (Å²) in [6, 6.07) is 2.66. The van der Waals surface area contributed by atoms with Gasteiger partial charge in [-0.1, -0.05) is 15.9 Å². The van der Waals surface area contributed by atoms with Crippen molar-refractivity contribution in [1.82, 2.24) is 5.32 Å². The van der Waals surface area contributed by atoms with Gasteiger partial charge in [0.2, 0.25) is 5.91 Å². The number of ether oxygens (including phenoxy) is 2. The Morgan fingerprint density at radius 1 is 1.30 bits per heavy atom. The van der Waals surface area contributed by atoms with E-state index in [9.17, 15) is 9.59 Å². The van der Waals surface area contributed by atoms with Crippen LogP contribution in [0.2, 0.25) is 0 Å². The maximum atomic E-state index is 11.2. The van der Waals surface area contributed by atoms with Crippen LogP contribution in [0.25, 0.3) is 0 Å². The number of hydrogen-bond donors (Lipinski definition) is 2. The van der Waals surface area contributed by atoms with Crippen LogP contribution in [-0.2, 0) is 9.59 Å². The topological polar surface area (TPSA) is 84.9 Å². The molecular formula is C13H16BrNO5. The molecule has 0 aromatic heterocycles. The third-order valence-electron chi connectivity index (χ3n) is 2.63. The zero-order valence-electron chi connectivity index (χ0n) is 11.4. The van der Waals surface area contributed by atoms with Gasteiger partial charge in [0.25, 0.3) is 0 Å². The van der Waals surface area contributed by atoms with E-state index in [1.165, 1.54) is 21.1 Å². The standard InChI is InChI=1S/C13H16BrNO5/c1-7(16)15-10(6-13(17)18)8-4-11(19-2)12(20-3)5-9(8)14/h4-5,10H,6H2,1-3H3,(H,15,16)(H,17,18)/t10-/m1/s1. The van der Waals surface area contributed by atoms with E-state index < -0.39 is 12.0 Å². The van der Waals surface area contributed by atoms with Gasteiger partial charge in [-0.15, -0.1) is 0 Å². The summed E-state index contributed by atoms with van der Waals surface area (Å²) in [7, 11) is 2.99. The number of carbonyl (C=O) groups is 2. The van der Waals surface area contributed by atoms with Gasteiger partial charge in [0.1, 0.15) is 0 Å². The first-order valence-corrected chi connectivity index (χ1v) is 6.58. The number of carboxylic acid groups (broad SMARTS) is 1. The molecule has 0 fully saturated rings. The number of aliphatic carboxylic acids is 1. The number of nitrogens with one attached hydrogen (secondary N) is 1. The molecule has 0 unspecified atom stereocenters. The molecule has 1 rings (SSSR count). The molecule has 1 aromatic carbocycles. The van der Waals surface area contributed by atoms with Crippen molar-refractivity contribution in [2.24, 2.45) is 0 Å². The van der Waals surface area contributed by atoms with Crippen LogP contribution in [-0.4, -0.2) is 31.2 Å². The first kappa shape index (κ1) is 16.3. The molecule has 0 spiro atoms. The first-order valence-electron chi connectivity index (χ1n) is 5.79. The Kier molecular flexibility index (Phi) is 5.82. The molecule has 0 aliphatic carbocycles. The molecule has 0 heterocycles.